The van der Waals surface area contributed by atoms with Crippen molar-refractivity contribution >= 4 is 11.9 Å². The molecule has 0 bridgehead atoms. The first-order valence-electron chi connectivity index (χ1n) is 4.74. The minimum atomic E-state index is -0.915. The molecule has 1 fully saturated rings. The molecular weight excluding hydrogens is 186 g/mol. The van der Waals surface area contributed by atoms with Gasteiger partial charge in [-0.1, -0.05) is 6.92 Å². The second kappa shape index (κ2) is 4.41. The van der Waals surface area contributed by atoms with E-state index in [1.54, 1.807) is 0 Å². The Labute approximate surface area is 82.1 Å². The lowest BCUT2D eigenvalue weighted by Crippen LogP contribution is -2.38. The summed E-state index contributed by atoms with van der Waals surface area (Å²) in [5.41, 5.74) is 0. The number of carboxylic acid groups (broad SMARTS) is 1. The average molecular weight is 201 g/mol. The predicted octanol–water partition coefficient (Wildman–Crippen LogP) is -0.406. The van der Waals surface area contributed by atoms with E-state index in [-0.39, 0.29) is 18.6 Å². The highest BCUT2D eigenvalue weighted by atomic mass is 16.4. The van der Waals surface area contributed by atoms with Crippen LogP contribution in [0, 0.1) is 11.8 Å². The number of aliphatic hydroxyl groups is 1. The number of aliphatic carboxylic acids is 1. The molecular formula is C9H15NO4. The summed E-state index contributed by atoms with van der Waals surface area (Å²) in [4.78, 5) is 21.8. The van der Waals surface area contributed by atoms with E-state index in [0.717, 1.165) is 0 Å². The monoisotopic (exact) mass is 201 g/mol. The Kier molecular flexibility index (Phi) is 3.46. The van der Waals surface area contributed by atoms with E-state index in [1.165, 1.54) is 0 Å². The Morgan fingerprint density at radius 3 is 2.50 bits per heavy atom. The van der Waals surface area contributed by atoms with Gasteiger partial charge >= 0.3 is 5.97 Å². The first-order chi connectivity index (χ1) is 6.60. The molecule has 0 spiro atoms. The van der Waals surface area contributed by atoms with E-state index in [1.807, 2.05) is 6.92 Å². The SMILES string of the molecule is CC[C@@H](CO)NC(=O)[C@@H]1C[C@@H]1C(=O)O. The van der Waals surface area contributed by atoms with Gasteiger partial charge in [0.15, 0.2) is 0 Å². The summed E-state index contributed by atoms with van der Waals surface area (Å²) in [5, 5.41) is 20.0. The lowest BCUT2D eigenvalue weighted by Gasteiger charge is -2.13. The maximum Gasteiger partial charge on any atom is 0.307 e. The van der Waals surface area contributed by atoms with E-state index < -0.39 is 17.8 Å². The highest BCUT2D eigenvalue weighted by molar-refractivity contribution is 5.89. The molecule has 0 radical (unpaired) electrons. The van der Waals surface area contributed by atoms with E-state index in [2.05, 4.69) is 5.32 Å². The van der Waals surface area contributed by atoms with Gasteiger partial charge in [-0.05, 0) is 12.8 Å². The van der Waals surface area contributed by atoms with Crippen LogP contribution in [-0.4, -0.2) is 34.7 Å². The second-order valence-corrected chi connectivity index (χ2v) is 3.58. The van der Waals surface area contributed by atoms with Crippen LogP contribution in [-0.2, 0) is 9.59 Å². The average Bonchev–Trinajstić information content (AvgIpc) is 2.93. The third-order valence-corrected chi connectivity index (χ3v) is 2.50. The van der Waals surface area contributed by atoms with Crippen molar-refractivity contribution in [1.29, 1.82) is 0 Å². The molecule has 0 heterocycles. The van der Waals surface area contributed by atoms with Gasteiger partial charge in [-0.3, -0.25) is 9.59 Å². The number of rotatable bonds is 5. The zero-order chi connectivity index (χ0) is 10.7. The number of hydrogen-bond donors (Lipinski definition) is 3. The van der Waals surface area contributed by atoms with Gasteiger partial charge in [-0.15, -0.1) is 0 Å². The quantitative estimate of drug-likeness (QED) is 0.564. The molecule has 14 heavy (non-hydrogen) atoms. The minimum Gasteiger partial charge on any atom is -0.481 e. The van der Waals surface area contributed by atoms with Crippen LogP contribution in [0.4, 0.5) is 0 Å². The van der Waals surface area contributed by atoms with Gasteiger partial charge in [0.2, 0.25) is 5.91 Å². The molecule has 1 saturated carbocycles. The van der Waals surface area contributed by atoms with Crippen LogP contribution in [0.15, 0.2) is 0 Å². The van der Waals surface area contributed by atoms with Crippen LogP contribution < -0.4 is 5.32 Å². The van der Waals surface area contributed by atoms with Gasteiger partial charge in [0.05, 0.1) is 24.5 Å². The molecule has 1 rings (SSSR count). The molecule has 1 amide bonds. The Morgan fingerprint density at radius 2 is 2.14 bits per heavy atom. The van der Waals surface area contributed by atoms with E-state index in [9.17, 15) is 9.59 Å². The molecule has 0 aliphatic heterocycles. The zero-order valence-corrected chi connectivity index (χ0v) is 8.06. The van der Waals surface area contributed by atoms with Gasteiger partial charge in [-0.25, -0.2) is 0 Å². The summed E-state index contributed by atoms with van der Waals surface area (Å²) < 4.78 is 0. The van der Waals surface area contributed by atoms with Crippen molar-refractivity contribution in [2.24, 2.45) is 11.8 Å². The molecule has 0 aromatic heterocycles. The fourth-order valence-corrected chi connectivity index (χ4v) is 1.34. The van der Waals surface area contributed by atoms with Crippen molar-refractivity contribution in [1.82, 2.24) is 5.32 Å². The number of amides is 1. The second-order valence-electron chi connectivity index (χ2n) is 3.58. The standard InChI is InChI=1S/C9H15NO4/c1-2-5(4-11)10-8(12)6-3-7(6)9(13)14/h5-7,11H,2-4H2,1H3,(H,10,12)(H,13,14)/t5-,6+,7-/m0/s1. The maximum atomic E-state index is 11.4. The first-order valence-corrected chi connectivity index (χ1v) is 4.74. The summed E-state index contributed by atoms with van der Waals surface area (Å²) in [7, 11) is 0. The molecule has 1 aliphatic carbocycles. The van der Waals surface area contributed by atoms with Crippen molar-refractivity contribution < 1.29 is 19.8 Å². The van der Waals surface area contributed by atoms with E-state index in [0.29, 0.717) is 12.8 Å². The normalized spacial score (nSPS) is 26.7. The Bertz CT molecular complexity index is 237. The van der Waals surface area contributed by atoms with Gasteiger partial charge in [-0.2, -0.15) is 0 Å². The largest absolute Gasteiger partial charge is 0.481 e. The molecule has 3 N–H and O–H groups in total. The summed E-state index contributed by atoms with van der Waals surface area (Å²) in [6, 6.07) is -0.252. The molecule has 1 aliphatic rings. The molecule has 0 aromatic rings. The fraction of sp³-hybridized carbons (Fsp3) is 0.778. The topological polar surface area (TPSA) is 86.6 Å². The molecule has 0 unspecified atom stereocenters. The number of carboxylic acids is 1. The summed E-state index contributed by atoms with van der Waals surface area (Å²) in [5.74, 6) is -2.08. The van der Waals surface area contributed by atoms with Crippen LogP contribution in [0.3, 0.4) is 0 Å². The Balaban J connectivity index is 2.34. The lowest BCUT2D eigenvalue weighted by molar-refractivity contribution is -0.140. The smallest absolute Gasteiger partial charge is 0.307 e. The van der Waals surface area contributed by atoms with Gasteiger partial charge in [0, 0.05) is 0 Å². The third kappa shape index (κ3) is 2.45. The van der Waals surface area contributed by atoms with Crippen LogP contribution in [0.2, 0.25) is 0 Å². The van der Waals surface area contributed by atoms with Crippen molar-refractivity contribution in [3.8, 4) is 0 Å². The van der Waals surface area contributed by atoms with Gasteiger partial charge < -0.3 is 15.5 Å². The molecule has 5 nitrogen and oxygen atoms in total. The van der Waals surface area contributed by atoms with Crippen molar-refractivity contribution in [2.45, 2.75) is 25.8 Å². The van der Waals surface area contributed by atoms with Crippen LogP contribution >= 0.6 is 0 Å². The molecule has 3 atom stereocenters. The Morgan fingerprint density at radius 1 is 1.50 bits per heavy atom. The maximum absolute atomic E-state index is 11.4. The lowest BCUT2D eigenvalue weighted by atomic mass is 10.2. The molecule has 5 heteroatoms. The first kappa shape index (κ1) is 11.0. The fourth-order valence-electron chi connectivity index (χ4n) is 1.34. The molecule has 0 saturated heterocycles. The van der Waals surface area contributed by atoms with Gasteiger partial charge in [0.1, 0.15) is 0 Å². The number of nitrogens with one attached hydrogen (secondary N) is 1. The number of carbonyl (C=O) groups is 2. The Hall–Kier alpha value is -1.10. The number of hydrogen-bond acceptors (Lipinski definition) is 3. The highest BCUT2D eigenvalue weighted by Gasteiger charge is 2.48. The van der Waals surface area contributed by atoms with Crippen LogP contribution in [0.5, 0.6) is 0 Å². The summed E-state index contributed by atoms with van der Waals surface area (Å²) >= 11 is 0. The third-order valence-electron chi connectivity index (χ3n) is 2.50. The summed E-state index contributed by atoms with van der Waals surface area (Å²) in [6.45, 7) is 1.75. The highest BCUT2D eigenvalue weighted by Crippen LogP contribution is 2.38. The number of aliphatic hydroxyl groups excluding tert-OH is 1. The van der Waals surface area contributed by atoms with Crippen LogP contribution in [0.1, 0.15) is 19.8 Å². The predicted molar refractivity (Wildman–Crippen MR) is 48.5 cm³/mol. The number of carbonyl (C=O) groups excluding carboxylic acids is 1. The van der Waals surface area contributed by atoms with Crippen molar-refractivity contribution in [2.75, 3.05) is 6.61 Å². The van der Waals surface area contributed by atoms with E-state index >= 15 is 0 Å². The van der Waals surface area contributed by atoms with Crippen LogP contribution in [0.25, 0.3) is 0 Å². The van der Waals surface area contributed by atoms with E-state index in [4.69, 9.17) is 10.2 Å². The molecule has 80 valence electrons. The van der Waals surface area contributed by atoms with Gasteiger partial charge in [0.25, 0.3) is 0 Å². The minimum absolute atomic E-state index is 0.104. The van der Waals surface area contributed by atoms with Crippen molar-refractivity contribution in [3.05, 3.63) is 0 Å². The summed E-state index contributed by atoms with van der Waals surface area (Å²) in [6.07, 6.45) is 1.07. The zero-order valence-electron chi connectivity index (χ0n) is 8.06. The van der Waals surface area contributed by atoms with Crippen molar-refractivity contribution in [3.63, 3.8) is 0 Å². The molecule has 0 aromatic carbocycles.